The average Bonchev–Trinajstić information content (AvgIpc) is 3.07. The molecule has 1 aliphatic rings. The highest BCUT2D eigenvalue weighted by molar-refractivity contribution is 5.96. The minimum Gasteiger partial charge on any atom is -0.332 e. The number of benzene rings is 1. The van der Waals surface area contributed by atoms with Crippen LogP contribution in [-0.2, 0) is 13.0 Å². The molecule has 2 aromatic heterocycles. The fourth-order valence-electron chi connectivity index (χ4n) is 3.21. The number of nitrogens with zero attached hydrogens (tertiary/aromatic N) is 5. The fraction of sp³-hybridized carbons (Fsp3) is 0.263. The maximum Gasteiger partial charge on any atom is 0.254 e. The van der Waals surface area contributed by atoms with E-state index in [1.54, 1.807) is 15.6 Å². The van der Waals surface area contributed by atoms with Crippen LogP contribution in [0.3, 0.4) is 0 Å². The number of hydrogen-bond acceptors (Lipinski definition) is 4. The van der Waals surface area contributed by atoms with E-state index in [1.165, 1.54) is 6.07 Å². The Hall–Kier alpha value is -3.09. The topological polar surface area (TPSA) is 63.9 Å². The Kier molecular flexibility index (Phi) is 3.99. The van der Waals surface area contributed by atoms with Crippen molar-refractivity contribution in [2.45, 2.75) is 26.8 Å². The number of aromatic nitrogens is 4. The Morgan fingerprint density at radius 3 is 2.81 bits per heavy atom. The van der Waals surface area contributed by atoms with Crippen molar-refractivity contribution >= 4 is 5.91 Å². The zero-order valence-corrected chi connectivity index (χ0v) is 14.6. The van der Waals surface area contributed by atoms with E-state index in [2.05, 4.69) is 15.3 Å². The lowest BCUT2D eigenvalue weighted by Gasteiger charge is -2.27. The van der Waals surface area contributed by atoms with Gasteiger partial charge in [-0.2, -0.15) is 4.68 Å². The molecule has 0 unspecified atom stereocenters. The van der Waals surface area contributed by atoms with Crippen molar-refractivity contribution in [1.29, 1.82) is 0 Å². The molecule has 26 heavy (non-hydrogen) atoms. The maximum absolute atomic E-state index is 13.1. The van der Waals surface area contributed by atoms with Crippen molar-refractivity contribution in [3.05, 3.63) is 70.4 Å². The number of halogens is 1. The van der Waals surface area contributed by atoms with Gasteiger partial charge in [-0.25, -0.2) is 9.37 Å². The summed E-state index contributed by atoms with van der Waals surface area (Å²) in [5, 5.41) is 8.35. The molecule has 0 saturated carbocycles. The fourth-order valence-corrected chi connectivity index (χ4v) is 3.21. The molecular weight excluding hydrogens is 333 g/mol. The zero-order chi connectivity index (χ0) is 18.3. The molecule has 1 aromatic carbocycles. The number of pyridine rings is 1. The summed E-state index contributed by atoms with van der Waals surface area (Å²) in [6.45, 7) is 4.95. The van der Waals surface area contributed by atoms with E-state index in [9.17, 15) is 9.18 Å². The highest BCUT2D eigenvalue weighted by Crippen LogP contribution is 2.22. The van der Waals surface area contributed by atoms with Crippen molar-refractivity contribution in [2.24, 2.45) is 0 Å². The van der Waals surface area contributed by atoms with Crippen LogP contribution in [-0.4, -0.2) is 37.3 Å². The van der Waals surface area contributed by atoms with Crippen LogP contribution < -0.4 is 0 Å². The maximum atomic E-state index is 13.1. The molecule has 132 valence electrons. The van der Waals surface area contributed by atoms with Crippen LogP contribution >= 0.6 is 0 Å². The molecule has 4 rings (SSSR count). The Bertz CT molecular complexity index is 980. The van der Waals surface area contributed by atoms with Gasteiger partial charge in [0.25, 0.3) is 5.91 Å². The van der Waals surface area contributed by atoms with E-state index in [4.69, 9.17) is 0 Å². The third-order valence-corrected chi connectivity index (χ3v) is 4.85. The predicted octanol–water partition coefficient (Wildman–Crippen LogP) is 2.62. The molecule has 0 spiro atoms. The van der Waals surface area contributed by atoms with Gasteiger partial charge in [0.15, 0.2) is 5.82 Å². The third-order valence-electron chi connectivity index (χ3n) is 4.85. The van der Waals surface area contributed by atoms with Crippen molar-refractivity contribution in [3.8, 4) is 5.82 Å². The van der Waals surface area contributed by atoms with E-state index < -0.39 is 5.82 Å². The molecule has 0 saturated heterocycles. The van der Waals surface area contributed by atoms with E-state index >= 15 is 0 Å². The van der Waals surface area contributed by atoms with Gasteiger partial charge in [-0.05, 0) is 43.2 Å². The molecule has 3 heterocycles. The summed E-state index contributed by atoms with van der Waals surface area (Å²) in [4.78, 5) is 18.8. The van der Waals surface area contributed by atoms with E-state index in [0.717, 1.165) is 34.3 Å². The first-order valence-electron chi connectivity index (χ1n) is 8.45. The molecular formula is C19H18FN5O. The van der Waals surface area contributed by atoms with Crippen LogP contribution in [0.15, 0.2) is 36.5 Å². The smallest absolute Gasteiger partial charge is 0.254 e. The molecule has 0 fully saturated rings. The summed E-state index contributed by atoms with van der Waals surface area (Å²) in [5.41, 5.74) is 4.49. The number of rotatable bonds is 2. The zero-order valence-electron chi connectivity index (χ0n) is 14.6. The Morgan fingerprint density at radius 1 is 1.19 bits per heavy atom. The average molecular weight is 351 g/mol. The highest BCUT2D eigenvalue weighted by Gasteiger charge is 2.27. The number of fused-ring (bicyclic) bond motifs is 1. The lowest BCUT2D eigenvalue weighted by molar-refractivity contribution is 0.0730. The van der Waals surface area contributed by atoms with Crippen LogP contribution in [0.2, 0.25) is 0 Å². The molecule has 0 bridgehead atoms. The van der Waals surface area contributed by atoms with Crippen LogP contribution in [0.1, 0.15) is 32.9 Å². The summed E-state index contributed by atoms with van der Waals surface area (Å²) in [6, 6.07) is 8.68. The SMILES string of the molecule is Cc1cccc(C(=O)N2CCc3c(nnn3-c3ccc(F)cn3)C2)c1C. The van der Waals surface area contributed by atoms with Crippen LogP contribution in [0, 0.1) is 19.7 Å². The summed E-state index contributed by atoms with van der Waals surface area (Å²) in [6.07, 6.45) is 1.78. The number of hydrogen-bond donors (Lipinski definition) is 0. The molecule has 0 radical (unpaired) electrons. The van der Waals surface area contributed by atoms with Crippen LogP contribution in [0.25, 0.3) is 5.82 Å². The molecule has 7 heteroatoms. The van der Waals surface area contributed by atoms with Crippen molar-refractivity contribution in [1.82, 2.24) is 24.9 Å². The minimum atomic E-state index is -0.395. The van der Waals surface area contributed by atoms with E-state index in [-0.39, 0.29) is 5.91 Å². The molecule has 6 nitrogen and oxygen atoms in total. The Balaban J connectivity index is 1.60. The van der Waals surface area contributed by atoms with Gasteiger partial charge in [0.05, 0.1) is 18.4 Å². The van der Waals surface area contributed by atoms with Gasteiger partial charge >= 0.3 is 0 Å². The first kappa shape index (κ1) is 16.4. The first-order chi connectivity index (χ1) is 12.5. The lowest BCUT2D eigenvalue weighted by atomic mass is 10.0. The summed E-state index contributed by atoms with van der Waals surface area (Å²) >= 11 is 0. The van der Waals surface area contributed by atoms with E-state index in [1.807, 2.05) is 32.0 Å². The van der Waals surface area contributed by atoms with Gasteiger partial charge in [0, 0.05) is 18.5 Å². The molecule has 0 aliphatic carbocycles. The Morgan fingerprint density at radius 2 is 2.04 bits per heavy atom. The molecule has 0 atom stereocenters. The van der Waals surface area contributed by atoms with Crippen LogP contribution in [0.4, 0.5) is 4.39 Å². The van der Waals surface area contributed by atoms with Gasteiger partial charge < -0.3 is 4.90 Å². The van der Waals surface area contributed by atoms with E-state index in [0.29, 0.717) is 25.3 Å². The van der Waals surface area contributed by atoms with Crippen molar-refractivity contribution in [2.75, 3.05) is 6.54 Å². The summed E-state index contributed by atoms with van der Waals surface area (Å²) in [5.74, 6) is 0.133. The predicted molar refractivity (Wildman–Crippen MR) is 93.5 cm³/mol. The van der Waals surface area contributed by atoms with Crippen LogP contribution in [0.5, 0.6) is 0 Å². The number of carbonyl (C=O) groups excluding carboxylic acids is 1. The molecule has 0 N–H and O–H groups in total. The lowest BCUT2D eigenvalue weighted by Crippen LogP contribution is -2.37. The summed E-state index contributed by atoms with van der Waals surface area (Å²) < 4.78 is 14.7. The molecule has 3 aromatic rings. The minimum absolute atomic E-state index is 0.00584. The van der Waals surface area contributed by atoms with Crippen molar-refractivity contribution < 1.29 is 9.18 Å². The normalized spacial score (nSPS) is 13.6. The third kappa shape index (κ3) is 2.75. The second kappa shape index (κ2) is 6.33. The second-order valence-electron chi connectivity index (χ2n) is 6.45. The van der Waals surface area contributed by atoms with Gasteiger partial charge in [-0.15, -0.1) is 5.10 Å². The molecule has 1 amide bonds. The quantitative estimate of drug-likeness (QED) is 0.712. The monoisotopic (exact) mass is 351 g/mol. The highest BCUT2D eigenvalue weighted by atomic mass is 19.1. The van der Waals surface area contributed by atoms with Gasteiger partial charge in [-0.1, -0.05) is 17.3 Å². The second-order valence-corrected chi connectivity index (χ2v) is 6.45. The number of aryl methyl sites for hydroxylation is 1. The Labute approximate surface area is 150 Å². The van der Waals surface area contributed by atoms with Gasteiger partial charge in [-0.3, -0.25) is 4.79 Å². The summed E-state index contributed by atoms with van der Waals surface area (Å²) in [7, 11) is 0. The number of amides is 1. The van der Waals surface area contributed by atoms with Crippen molar-refractivity contribution in [3.63, 3.8) is 0 Å². The van der Waals surface area contributed by atoms with Gasteiger partial charge in [0.2, 0.25) is 0 Å². The number of carbonyl (C=O) groups is 1. The largest absolute Gasteiger partial charge is 0.332 e. The molecule has 1 aliphatic heterocycles. The van der Waals surface area contributed by atoms with Gasteiger partial charge in [0.1, 0.15) is 11.5 Å². The first-order valence-corrected chi connectivity index (χ1v) is 8.45. The standard InChI is InChI=1S/C19H18FN5O/c1-12-4-3-5-15(13(12)2)19(26)24-9-8-17-16(11-24)22-23-25(17)18-7-6-14(20)10-21-18/h3-7,10H,8-9,11H2,1-2H3.